The highest BCUT2D eigenvalue weighted by Gasteiger charge is 2.34. The van der Waals surface area contributed by atoms with Gasteiger partial charge in [-0.1, -0.05) is 24.3 Å². The second kappa shape index (κ2) is 8.99. The Labute approximate surface area is 156 Å². The molecule has 0 unspecified atom stereocenters. The van der Waals surface area contributed by atoms with Gasteiger partial charge in [-0.25, -0.2) is 4.79 Å². The zero-order chi connectivity index (χ0) is 19.9. The van der Waals surface area contributed by atoms with Gasteiger partial charge in [0.15, 0.2) is 23.0 Å². The predicted molar refractivity (Wildman–Crippen MR) is 95.3 cm³/mol. The van der Waals surface area contributed by atoms with Gasteiger partial charge in [0.1, 0.15) is 0 Å². The number of nitrogens with zero attached hydrogens (tertiary/aromatic N) is 1. The molecule has 0 saturated carbocycles. The number of ether oxygens (including phenoxy) is 2. The van der Waals surface area contributed by atoms with Crippen molar-refractivity contribution < 1.29 is 36.8 Å². The number of rotatable bonds is 9. The maximum absolute atomic E-state index is 12.5. The van der Waals surface area contributed by atoms with Crippen LogP contribution in [0.2, 0.25) is 0 Å². The Balaban J connectivity index is 2.32. The molecule has 1 amide bonds. The first-order valence-corrected chi connectivity index (χ1v) is 9.34. The molecule has 1 N–H and O–H groups in total. The van der Waals surface area contributed by atoms with E-state index in [1.165, 1.54) is 36.4 Å². The van der Waals surface area contributed by atoms with Gasteiger partial charge >= 0.3 is 16.4 Å². The van der Waals surface area contributed by atoms with Crippen LogP contribution in [0.5, 0.6) is 23.0 Å². The van der Waals surface area contributed by atoms with Crippen molar-refractivity contribution in [2.75, 3.05) is 13.2 Å². The summed E-state index contributed by atoms with van der Waals surface area (Å²) in [5, 5.41) is 9.31. The van der Waals surface area contributed by atoms with Gasteiger partial charge in [-0.2, -0.15) is 8.42 Å². The minimum Gasteiger partial charge on any atom is -0.490 e. The quantitative estimate of drug-likeness (QED) is 0.643. The molecule has 0 radical (unpaired) electrons. The Morgan fingerprint density at radius 3 is 1.81 bits per heavy atom. The summed E-state index contributed by atoms with van der Waals surface area (Å²) in [5.41, 5.74) is 0. The van der Waals surface area contributed by atoms with Gasteiger partial charge in [-0.3, -0.25) is 0 Å². The Kier molecular flexibility index (Phi) is 6.72. The molecule has 9 nitrogen and oxygen atoms in total. The highest BCUT2D eigenvalue weighted by Crippen LogP contribution is 2.31. The minimum absolute atomic E-state index is 0.105. The molecule has 27 heavy (non-hydrogen) atoms. The lowest BCUT2D eigenvalue weighted by atomic mass is 10.3. The van der Waals surface area contributed by atoms with Crippen LogP contribution in [0.3, 0.4) is 0 Å². The Hall–Kier alpha value is -3.14. The topological polar surface area (TPSA) is 112 Å². The maximum Gasteiger partial charge on any atom is 0.458 e. The van der Waals surface area contributed by atoms with Crippen molar-refractivity contribution in [3.63, 3.8) is 0 Å². The SMILES string of the molecule is CCOc1ccccc1ON(C(=O)O)S(=O)(=O)Oc1ccccc1OCC. The highest BCUT2D eigenvalue weighted by molar-refractivity contribution is 7.85. The van der Waals surface area contributed by atoms with Crippen molar-refractivity contribution in [3.8, 4) is 23.0 Å². The largest absolute Gasteiger partial charge is 0.490 e. The molecule has 0 heterocycles. The average molecular weight is 397 g/mol. The van der Waals surface area contributed by atoms with Crippen molar-refractivity contribution >= 4 is 16.4 Å². The Bertz CT molecular complexity index is 884. The van der Waals surface area contributed by atoms with E-state index in [-0.39, 0.29) is 40.7 Å². The van der Waals surface area contributed by atoms with E-state index in [1.54, 1.807) is 26.0 Å². The summed E-state index contributed by atoms with van der Waals surface area (Å²) in [7, 11) is -4.87. The molecule has 10 heteroatoms. The molecule has 0 fully saturated rings. The molecule has 0 aliphatic carbocycles. The van der Waals surface area contributed by atoms with Crippen molar-refractivity contribution in [2.24, 2.45) is 0 Å². The fourth-order valence-corrected chi connectivity index (χ4v) is 2.81. The van der Waals surface area contributed by atoms with Crippen LogP contribution in [0.25, 0.3) is 0 Å². The molecule has 0 bridgehead atoms. The lowest BCUT2D eigenvalue weighted by Crippen LogP contribution is -2.41. The van der Waals surface area contributed by atoms with Crippen molar-refractivity contribution in [3.05, 3.63) is 48.5 Å². The van der Waals surface area contributed by atoms with E-state index in [9.17, 15) is 18.3 Å². The van der Waals surface area contributed by atoms with E-state index in [1.807, 2.05) is 0 Å². The predicted octanol–water partition coefficient (Wildman–Crippen LogP) is 3.08. The molecule has 2 rings (SSSR count). The first kappa shape index (κ1) is 20.2. The molecule has 146 valence electrons. The van der Waals surface area contributed by atoms with E-state index in [0.717, 1.165) is 0 Å². The van der Waals surface area contributed by atoms with Gasteiger partial charge in [0.05, 0.1) is 13.2 Å². The smallest absolute Gasteiger partial charge is 0.458 e. The molecular formula is C17H19NO8S. The lowest BCUT2D eigenvalue weighted by Gasteiger charge is -2.20. The first-order valence-electron chi connectivity index (χ1n) is 7.98. The Morgan fingerprint density at radius 2 is 1.33 bits per heavy atom. The van der Waals surface area contributed by atoms with Crippen LogP contribution in [-0.2, 0) is 10.3 Å². The van der Waals surface area contributed by atoms with Crippen LogP contribution < -0.4 is 18.5 Å². The second-order valence-electron chi connectivity index (χ2n) is 4.90. The second-order valence-corrected chi connectivity index (χ2v) is 6.26. The number of benzene rings is 2. The van der Waals surface area contributed by atoms with Gasteiger partial charge in [0, 0.05) is 4.47 Å². The van der Waals surface area contributed by atoms with E-state index in [4.69, 9.17) is 18.5 Å². The van der Waals surface area contributed by atoms with Crippen LogP contribution in [0.1, 0.15) is 13.8 Å². The van der Waals surface area contributed by atoms with Crippen molar-refractivity contribution in [1.82, 2.24) is 4.47 Å². The monoisotopic (exact) mass is 397 g/mol. The van der Waals surface area contributed by atoms with E-state index in [2.05, 4.69) is 0 Å². The van der Waals surface area contributed by atoms with Crippen LogP contribution in [0, 0.1) is 0 Å². The summed E-state index contributed by atoms with van der Waals surface area (Å²) in [5.74, 6) is 0.0408. The van der Waals surface area contributed by atoms with Gasteiger partial charge in [-0.05, 0) is 38.1 Å². The van der Waals surface area contributed by atoms with Crippen LogP contribution in [-0.4, -0.2) is 37.3 Å². The van der Waals surface area contributed by atoms with Gasteiger partial charge in [-0.15, -0.1) is 0 Å². The minimum atomic E-state index is -4.87. The fourth-order valence-electron chi connectivity index (χ4n) is 2.01. The number of hydrogen-bond donors (Lipinski definition) is 1. The molecule has 0 aromatic heterocycles. The summed E-state index contributed by atoms with van der Waals surface area (Å²) in [6, 6.07) is 12.0. The molecular weight excluding hydrogens is 378 g/mol. The number of hydrogen-bond acceptors (Lipinski definition) is 7. The van der Waals surface area contributed by atoms with Crippen LogP contribution in [0.15, 0.2) is 48.5 Å². The normalized spacial score (nSPS) is 10.7. The zero-order valence-corrected chi connectivity index (χ0v) is 15.5. The summed E-state index contributed by atoms with van der Waals surface area (Å²) in [4.78, 5) is 16.5. The van der Waals surface area contributed by atoms with Crippen molar-refractivity contribution in [2.45, 2.75) is 13.8 Å². The van der Waals surface area contributed by atoms with E-state index in [0.29, 0.717) is 0 Å². The third kappa shape index (κ3) is 5.17. The molecule has 2 aromatic carbocycles. The van der Waals surface area contributed by atoms with Gasteiger partial charge in [0.25, 0.3) is 0 Å². The summed E-state index contributed by atoms with van der Waals surface area (Å²) in [6.45, 7) is 3.97. The Morgan fingerprint density at radius 1 is 0.889 bits per heavy atom. The van der Waals surface area contributed by atoms with Gasteiger partial charge in [0.2, 0.25) is 0 Å². The highest BCUT2D eigenvalue weighted by atomic mass is 32.2. The molecule has 0 aliphatic rings. The zero-order valence-electron chi connectivity index (χ0n) is 14.7. The van der Waals surface area contributed by atoms with Crippen LogP contribution >= 0.6 is 0 Å². The molecule has 0 spiro atoms. The molecule has 0 aliphatic heterocycles. The summed E-state index contributed by atoms with van der Waals surface area (Å²) >= 11 is 0. The van der Waals surface area contributed by atoms with Crippen molar-refractivity contribution in [1.29, 1.82) is 0 Å². The third-order valence-electron chi connectivity index (χ3n) is 3.03. The van der Waals surface area contributed by atoms with E-state index >= 15 is 0 Å². The summed E-state index contributed by atoms with van der Waals surface area (Å²) in [6.07, 6.45) is -1.89. The average Bonchev–Trinajstić information content (AvgIpc) is 2.62. The molecule has 2 aromatic rings. The van der Waals surface area contributed by atoms with Gasteiger partial charge < -0.3 is 23.6 Å². The van der Waals surface area contributed by atoms with Crippen LogP contribution in [0.4, 0.5) is 4.79 Å². The molecule has 0 atom stereocenters. The number of carbonyl (C=O) groups is 1. The number of hydroxylamine groups is 1. The number of para-hydroxylation sites is 4. The third-order valence-corrected chi connectivity index (χ3v) is 4.06. The fraction of sp³-hybridized carbons (Fsp3) is 0.235. The first-order chi connectivity index (χ1) is 12.9. The lowest BCUT2D eigenvalue weighted by molar-refractivity contribution is 0.0296. The maximum atomic E-state index is 12.5. The number of amides is 1. The molecule has 0 saturated heterocycles. The van der Waals surface area contributed by atoms with E-state index < -0.39 is 16.4 Å². The standard InChI is InChI=1S/C17H19NO8S/c1-3-23-13-9-5-7-11-15(13)25-18(17(19)20)27(21,22)26-16-12-8-6-10-14(16)24-4-2/h5-12H,3-4H2,1-2H3,(H,19,20). The number of carboxylic acid groups (broad SMARTS) is 1. The summed E-state index contributed by atoms with van der Waals surface area (Å²) < 4.78 is 40.1.